The maximum atomic E-state index is 11.9. The second-order valence-electron chi connectivity index (χ2n) is 6.85. The molecule has 0 fully saturated rings. The summed E-state index contributed by atoms with van der Waals surface area (Å²) in [4.78, 5) is 24.3. The standard InChI is InChI=1S/C21H15ClN6O3/c1-27-10-23-8-18(27)12-2-3-15(14(22)4-12)26-20-6-16-13(7-25-20)5-17(28(16)21(29)30)19-9-24-11-31-19/h2-11H,1H3,(H,25,26)(H,29,30). The number of aryl methyl sites for hydroxylation is 1. The summed E-state index contributed by atoms with van der Waals surface area (Å²) < 4.78 is 8.31. The highest BCUT2D eigenvalue weighted by molar-refractivity contribution is 6.33. The normalized spacial score (nSPS) is 11.2. The predicted octanol–water partition coefficient (Wildman–Crippen LogP) is 5.01. The lowest BCUT2D eigenvalue weighted by atomic mass is 10.1. The van der Waals surface area contributed by atoms with Crippen molar-refractivity contribution in [1.82, 2.24) is 24.1 Å². The molecule has 4 heterocycles. The molecule has 5 aromatic rings. The molecule has 0 saturated heterocycles. The van der Waals surface area contributed by atoms with Crippen LogP contribution in [0.25, 0.3) is 33.6 Å². The number of aromatic nitrogens is 5. The van der Waals surface area contributed by atoms with E-state index < -0.39 is 6.09 Å². The highest BCUT2D eigenvalue weighted by atomic mass is 35.5. The van der Waals surface area contributed by atoms with Gasteiger partial charge < -0.3 is 19.4 Å². The Balaban J connectivity index is 1.52. The number of carbonyl (C=O) groups is 1. The van der Waals surface area contributed by atoms with Crippen LogP contribution in [-0.4, -0.2) is 35.3 Å². The molecule has 1 aromatic carbocycles. The number of hydrogen-bond acceptors (Lipinski definition) is 6. The van der Waals surface area contributed by atoms with Gasteiger partial charge in [0.05, 0.1) is 46.3 Å². The van der Waals surface area contributed by atoms with Crippen molar-refractivity contribution in [2.24, 2.45) is 7.05 Å². The molecule has 2 N–H and O–H groups in total. The van der Waals surface area contributed by atoms with Crippen LogP contribution >= 0.6 is 11.6 Å². The van der Waals surface area contributed by atoms with Gasteiger partial charge in [-0.2, -0.15) is 0 Å². The summed E-state index contributed by atoms with van der Waals surface area (Å²) in [5.74, 6) is 0.800. The average Bonchev–Trinajstić information content (AvgIpc) is 3.48. The van der Waals surface area contributed by atoms with Crippen LogP contribution in [0.2, 0.25) is 5.02 Å². The number of carboxylic acid groups (broad SMARTS) is 1. The number of oxazole rings is 1. The van der Waals surface area contributed by atoms with Crippen LogP contribution in [0.15, 0.2) is 66.1 Å². The Labute approximate surface area is 180 Å². The van der Waals surface area contributed by atoms with Crippen LogP contribution in [0, 0.1) is 0 Å². The largest absolute Gasteiger partial charge is 0.464 e. The summed E-state index contributed by atoms with van der Waals surface area (Å²) in [5, 5.41) is 14.1. The fourth-order valence-corrected chi connectivity index (χ4v) is 3.68. The molecule has 9 nitrogen and oxygen atoms in total. The number of hydrogen-bond donors (Lipinski definition) is 2. The predicted molar refractivity (Wildman–Crippen MR) is 116 cm³/mol. The first-order valence-electron chi connectivity index (χ1n) is 9.18. The second kappa shape index (κ2) is 7.29. The Morgan fingerprint density at radius 1 is 1.13 bits per heavy atom. The molecule has 5 rings (SSSR count). The molecule has 0 radical (unpaired) electrons. The van der Waals surface area contributed by atoms with E-state index in [4.69, 9.17) is 16.0 Å². The van der Waals surface area contributed by atoms with Gasteiger partial charge in [0.15, 0.2) is 12.2 Å². The Hall–Kier alpha value is -4.11. The maximum absolute atomic E-state index is 11.9. The summed E-state index contributed by atoms with van der Waals surface area (Å²) >= 11 is 6.48. The summed E-state index contributed by atoms with van der Waals surface area (Å²) in [5.41, 5.74) is 3.34. The van der Waals surface area contributed by atoms with E-state index in [-0.39, 0.29) is 0 Å². The van der Waals surface area contributed by atoms with Crippen LogP contribution in [0.1, 0.15) is 0 Å². The highest BCUT2D eigenvalue weighted by Gasteiger charge is 2.19. The molecule has 0 aliphatic heterocycles. The SMILES string of the molecule is Cn1cncc1-c1ccc(Nc2cc3c(cn2)cc(-c2cnco2)n3C(=O)O)c(Cl)c1. The maximum Gasteiger partial charge on any atom is 0.416 e. The summed E-state index contributed by atoms with van der Waals surface area (Å²) in [6.45, 7) is 0. The molecule has 0 aliphatic carbocycles. The molecule has 0 atom stereocenters. The van der Waals surface area contributed by atoms with Gasteiger partial charge in [-0.15, -0.1) is 0 Å². The number of pyridine rings is 1. The molecule has 0 aliphatic rings. The van der Waals surface area contributed by atoms with Gasteiger partial charge in [0.1, 0.15) is 5.82 Å². The van der Waals surface area contributed by atoms with Crippen LogP contribution in [0.5, 0.6) is 0 Å². The minimum Gasteiger partial charge on any atom is -0.464 e. The van der Waals surface area contributed by atoms with Gasteiger partial charge >= 0.3 is 6.09 Å². The number of anilines is 2. The first-order chi connectivity index (χ1) is 15.0. The number of fused-ring (bicyclic) bond motifs is 1. The van der Waals surface area contributed by atoms with E-state index in [1.165, 1.54) is 12.6 Å². The number of rotatable bonds is 4. The Morgan fingerprint density at radius 2 is 2.00 bits per heavy atom. The van der Waals surface area contributed by atoms with Gasteiger partial charge in [-0.25, -0.2) is 24.3 Å². The van der Waals surface area contributed by atoms with E-state index in [1.807, 2.05) is 29.8 Å². The molecule has 10 heteroatoms. The molecule has 0 saturated carbocycles. The number of imidazole rings is 1. The molecule has 4 aromatic heterocycles. The van der Waals surface area contributed by atoms with E-state index in [2.05, 4.69) is 20.3 Å². The number of nitrogens with zero attached hydrogens (tertiary/aromatic N) is 5. The van der Waals surface area contributed by atoms with E-state index in [0.29, 0.717) is 38.9 Å². The van der Waals surface area contributed by atoms with Crippen molar-refractivity contribution in [3.63, 3.8) is 0 Å². The Morgan fingerprint density at radius 3 is 2.68 bits per heavy atom. The van der Waals surface area contributed by atoms with Crippen molar-refractivity contribution in [3.05, 3.63) is 66.7 Å². The van der Waals surface area contributed by atoms with Gasteiger partial charge in [0.2, 0.25) is 0 Å². The van der Waals surface area contributed by atoms with Crippen molar-refractivity contribution >= 4 is 40.1 Å². The van der Waals surface area contributed by atoms with Gasteiger partial charge in [-0.3, -0.25) is 0 Å². The quantitative estimate of drug-likeness (QED) is 0.408. The van der Waals surface area contributed by atoms with Gasteiger partial charge in [-0.05, 0) is 18.2 Å². The molecule has 154 valence electrons. The summed E-state index contributed by atoms with van der Waals surface area (Å²) in [6.07, 6.45) is 6.65. The smallest absolute Gasteiger partial charge is 0.416 e. The fourth-order valence-electron chi connectivity index (χ4n) is 3.45. The van der Waals surface area contributed by atoms with Crippen LogP contribution < -0.4 is 5.32 Å². The third-order valence-electron chi connectivity index (χ3n) is 4.91. The van der Waals surface area contributed by atoms with Crippen molar-refractivity contribution in [3.8, 4) is 22.7 Å². The first-order valence-corrected chi connectivity index (χ1v) is 9.56. The van der Waals surface area contributed by atoms with Crippen molar-refractivity contribution < 1.29 is 14.3 Å². The average molecular weight is 435 g/mol. The molecule has 31 heavy (non-hydrogen) atoms. The topological polar surface area (TPSA) is 111 Å². The number of nitrogens with one attached hydrogen (secondary N) is 1. The molecule has 0 spiro atoms. The lowest BCUT2D eigenvalue weighted by Gasteiger charge is -2.10. The zero-order valence-corrected chi connectivity index (χ0v) is 16.9. The van der Waals surface area contributed by atoms with Crippen molar-refractivity contribution in [2.75, 3.05) is 5.32 Å². The second-order valence-corrected chi connectivity index (χ2v) is 7.26. The minimum absolute atomic E-state index is 0.349. The number of benzene rings is 1. The summed E-state index contributed by atoms with van der Waals surface area (Å²) in [6, 6.07) is 8.94. The van der Waals surface area contributed by atoms with Gasteiger partial charge in [0, 0.05) is 30.3 Å². The zero-order valence-electron chi connectivity index (χ0n) is 16.2. The van der Waals surface area contributed by atoms with Crippen molar-refractivity contribution in [2.45, 2.75) is 0 Å². The van der Waals surface area contributed by atoms with Crippen LogP contribution in [-0.2, 0) is 7.05 Å². The lowest BCUT2D eigenvalue weighted by molar-refractivity contribution is 0.197. The Kier molecular flexibility index (Phi) is 4.45. The third kappa shape index (κ3) is 3.30. The third-order valence-corrected chi connectivity index (χ3v) is 5.22. The molecular formula is C21H15ClN6O3. The zero-order chi connectivity index (χ0) is 21.5. The highest BCUT2D eigenvalue weighted by Crippen LogP contribution is 2.32. The Bertz CT molecular complexity index is 1420. The lowest BCUT2D eigenvalue weighted by Crippen LogP contribution is -2.09. The van der Waals surface area contributed by atoms with E-state index in [1.54, 1.807) is 30.9 Å². The van der Waals surface area contributed by atoms with Crippen LogP contribution in [0.4, 0.5) is 16.3 Å². The monoisotopic (exact) mass is 434 g/mol. The van der Waals surface area contributed by atoms with Crippen molar-refractivity contribution in [1.29, 1.82) is 0 Å². The van der Waals surface area contributed by atoms with Gasteiger partial charge in [0.25, 0.3) is 0 Å². The summed E-state index contributed by atoms with van der Waals surface area (Å²) in [7, 11) is 1.91. The van der Waals surface area contributed by atoms with E-state index >= 15 is 0 Å². The molecule has 0 amide bonds. The number of halogens is 1. The van der Waals surface area contributed by atoms with Gasteiger partial charge in [-0.1, -0.05) is 17.7 Å². The van der Waals surface area contributed by atoms with Crippen LogP contribution in [0.3, 0.4) is 0 Å². The first kappa shape index (κ1) is 18.9. The molecule has 0 unspecified atom stereocenters. The minimum atomic E-state index is -1.14. The van der Waals surface area contributed by atoms with E-state index in [0.717, 1.165) is 15.8 Å². The fraction of sp³-hybridized carbons (Fsp3) is 0.0476. The molecular weight excluding hydrogens is 420 g/mol. The van der Waals surface area contributed by atoms with E-state index in [9.17, 15) is 9.90 Å². The molecule has 0 bridgehead atoms.